The van der Waals surface area contributed by atoms with Gasteiger partial charge < -0.3 is 20.3 Å². The van der Waals surface area contributed by atoms with Gasteiger partial charge in [0.2, 0.25) is 0 Å². The maximum absolute atomic E-state index is 12.6. The Balaban J connectivity index is 1.59. The van der Waals surface area contributed by atoms with Crippen molar-refractivity contribution in [1.82, 2.24) is 9.88 Å². The van der Waals surface area contributed by atoms with E-state index >= 15 is 0 Å². The van der Waals surface area contributed by atoms with Crippen molar-refractivity contribution < 1.29 is 14.7 Å². The number of para-hydroxylation sites is 1. The molecule has 1 aromatic heterocycles. The van der Waals surface area contributed by atoms with Crippen molar-refractivity contribution in [2.75, 3.05) is 5.32 Å². The van der Waals surface area contributed by atoms with Gasteiger partial charge in [-0.2, -0.15) is 0 Å². The SMILES string of the molecule is CCc1ccc(N[C@@H]2NC(=O)/C(=C/c3cc(C)n(-c4ccccc4C(=O)O)c3C)S2)cc1. The van der Waals surface area contributed by atoms with Crippen LogP contribution in [0.2, 0.25) is 0 Å². The number of nitrogens with zero attached hydrogens (tertiary/aromatic N) is 1. The van der Waals surface area contributed by atoms with E-state index in [1.54, 1.807) is 18.2 Å². The first-order chi connectivity index (χ1) is 15.4. The second-order valence-electron chi connectivity index (χ2n) is 7.66. The average Bonchev–Trinajstić information content (AvgIpc) is 3.26. The first-order valence-corrected chi connectivity index (χ1v) is 11.3. The second kappa shape index (κ2) is 8.96. The number of thioether (sulfide) groups is 1. The van der Waals surface area contributed by atoms with Crippen LogP contribution in [0.25, 0.3) is 11.8 Å². The number of hydrogen-bond acceptors (Lipinski definition) is 4. The minimum Gasteiger partial charge on any atom is -0.478 e. The third kappa shape index (κ3) is 4.29. The van der Waals surface area contributed by atoms with Gasteiger partial charge in [0.05, 0.1) is 16.2 Å². The molecule has 0 bridgehead atoms. The fourth-order valence-electron chi connectivity index (χ4n) is 3.85. The van der Waals surface area contributed by atoms with Crippen molar-refractivity contribution in [3.05, 3.63) is 87.6 Å². The van der Waals surface area contributed by atoms with Crippen LogP contribution in [0.1, 0.15) is 39.8 Å². The first kappa shape index (κ1) is 21.8. The predicted octanol–water partition coefficient (Wildman–Crippen LogP) is 4.95. The topological polar surface area (TPSA) is 83.4 Å². The molecule has 4 rings (SSSR count). The predicted molar refractivity (Wildman–Crippen MR) is 129 cm³/mol. The van der Waals surface area contributed by atoms with Crippen LogP contribution >= 0.6 is 11.8 Å². The summed E-state index contributed by atoms with van der Waals surface area (Å²) in [6.45, 7) is 5.98. The number of carboxylic acid groups (broad SMARTS) is 1. The summed E-state index contributed by atoms with van der Waals surface area (Å²) < 4.78 is 1.92. The molecule has 7 heteroatoms. The number of carboxylic acids is 1. The molecular weight excluding hydrogens is 422 g/mol. The van der Waals surface area contributed by atoms with Crippen molar-refractivity contribution >= 4 is 35.4 Å². The van der Waals surface area contributed by atoms with Crippen LogP contribution in [-0.2, 0) is 11.2 Å². The Morgan fingerprint density at radius 2 is 1.91 bits per heavy atom. The van der Waals surface area contributed by atoms with Crippen LogP contribution in [0.15, 0.2) is 59.5 Å². The van der Waals surface area contributed by atoms with E-state index < -0.39 is 5.97 Å². The molecule has 32 heavy (non-hydrogen) atoms. The van der Waals surface area contributed by atoms with E-state index in [-0.39, 0.29) is 17.0 Å². The molecule has 0 aliphatic carbocycles. The quantitative estimate of drug-likeness (QED) is 0.466. The van der Waals surface area contributed by atoms with E-state index in [9.17, 15) is 14.7 Å². The van der Waals surface area contributed by atoms with Crippen molar-refractivity contribution in [3.63, 3.8) is 0 Å². The minimum absolute atomic E-state index is 0.131. The highest BCUT2D eigenvalue weighted by molar-refractivity contribution is 8.05. The Bertz CT molecular complexity index is 1210. The van der Waals surface area contributed by atoms with E-state index in [0.29, 0.717) is 10.6 Å². The molecule has 1 saturated heterocycles. The van der Waals surface area contributed by atoms with Crippen molar-refractivity contribution in [2.45, 2.75) is 32.7 Å². The molecule has 0 saturated carbocycles. The number of amides is 1. The van der Waals surface area contributed by atoms with Crippen molar-refractivity contribution in [3.8, 4) is 5.69 Å². The highest BCUT2D eigenvalue weighted by atomic mass is 32.2. The molecule has 3 N–H and O–H groups in total. The number of carbonyl (C=O) groups excluding carboxylic acids is 1. The smallest absolute Gasteiger partial charge is 0.337 e. The molecule has 0 radical (unpaired) electrons. The highest BCUT2D eigenvalue weighted by Crippen LogP contribution is 2.32. The normalized spacial score (nSPS) is 16.9. The molecule has 1 aliphatic rings. The van der Waals surface area contributed by atoms with E-state index in [4.69, 9.17) is 0 Å². The van der Waals surface area contributed by atoms with Gasteiger partial charge in [-0.05, 0) is 67.8 Å². The largest absolute Gasteiger partial charge is 0.478 e. The number of aromatic nitrogens is 1. The molecule has 2 heterocycles. The maximum atomic E-state index is 12.6. The third-order valence-electron chi connectivity index (χ3n) is 5.52. The van der Waals surface area contributed by atoms with Crippen molar-refractivity contribution in [1.29, 1.82) is 0 Å². The lowest BCUT2D eigenvalue weighted by atomic mass is 10.1. The molecule has 2 aromatic carbocycles. The second-order valence-corrected chi connectivity index (χ2v) is 8.81. The van der Waals surface area contributed by atoms with Crippen LogP contribution in [0.3, 0.4) is 0 Å². The van der Waals surface area contributed by atoms with Crippen LogP contribution in [-0.4, -0.2) is 27.0 Å². The number of anilines is 1. The maximum Gasteiger partial charge on any atom is 0.337 e. The molecule has 1 aliphatic heterocycles. The number of benzene rings is 2. The van der Waals surface area contributed by atoms with Gasteiger partial charge in [0.1, 0.15) is 0 Å². The monoisotopic (exact) mass is 447 g/mol. The first-order valence-electron chi connectivity index (χ1n) is 10.4. The molecule has 3 aromatic rings. The fraction of sp³-hybridized carbons (Fsp3) is 0.200. The number of hydrogen-bond donors (Lipinski definition) is 3. The Labute approximate surface area is 191 Å². The Hall–Kier alpha value is -3.45. The summed E-state index contributed by atoms with van der Waals surface area (Å²) >= 11 is 1.43. The van der Waals surface area contributed by atoms with Gasteiger partial charge in [0.25, 0.3) is 5.91 Å². The fourth-order valence-corrected chi connectivity index (χ4v) is 4.82. The van der Waals surface area contributed by atoms with Gasteiger partial charge in [0, 0.05) is 17.1 Å². The van der Waals surface area contributed by atoms with Gasteiger partial charge in [-0.25, -0.2) is 4.79 Å². The van der Waals surface area contributed by atoms with Crippen LogP contribution in [0, 0.1) is 13.8 Å². The molecule has 1 fully saturated rings. The third-order valence-corrected chi connectivity index (χ3v) is 6.55. The summed E-state index contributed by atoms with van der Waals surface area (Å²) in [5.41, 5.74) is 5.47. The number of nitrogens with one attached hydrogen (secondary N) is 2. The molecule has 1 atom stereocenters. The number of rotatable bonds is 6. The van der Waals surface area contributed by atoms with Crippen molar-refractivity contribution in [2.24, 2.45) is 0 Å². The zero-order chi connectivity index (χ0) is 22.8. The molecule has 0 spiro atoms. The van der Waals surface area contributed by atoms with Gasteiger partial charge in [-0.1, -0.05) is 43.0 Å². The zero-order valence-electron chi connectivity index (χ0n) is 18.2. The summed E-state index contributed by atoms with van der Waals surface area (Å²) in [5, 5.41) is 15.9. The van der Waals surface area contributed by atoms with E-state index in [0.717, 1.165) is 29.1 Å². The number of aryl methyl sites for hydroxylation is 2. The Kier molecular flexibility index (Phi) is 6.10. The van der Waals surface area contributed by atoms with Gasteiger partial charge >= 0.3 is 5.97 Å². The average molecular weight is 448 g/mol. The molecule has 164 valence electrons. The zero-order valence-corrected chi connectivity index (χ0v) is 19.0. The van der Waals surface area contributed by atoms with Crippen LogP contribution in [0.4, 0.5) is 5.69 Å². The Morgan fingerprint density at radius 3 is 2.59 bits per heavy atom. The molecule has 6 nitrogen and oxygen atoms in total. The van der Waals surface area contributed by atoms with Crippen LogP contribution < -0.4 is 10.6 Å². The summed E-state index contributed by atoms with van der Waals surface area (Å²) in [5.74, 6) is -1.10. The van der Waals surface area contributed by atoms with Crippen LogP contribution in [0.5, 0.6) is 0 Å². The lowest BCUT2D eigenvalue weighted by molar-refractivity contribution is -0.116. The summed E-state index contributed by atoms with van der Waals surface area (Å²) in [6.07, 6.45) is 2.85. The minimum atomic E-state index is -0.973. The number of aromatic carboxylic acids is 1. The summed E-state index contributed by atoms with van der Waals surface area (Å²) in [7, 11) is 0. The molecule has 1 amide bonds. The highest BCUT2D eigenvalue weighted by Gasteiger charge is 2.28. The molecule has 0 unspecified atom stereocenters. The lowest BCUT2D eigenvalue weighted by Crippen LogP contribution is -2.30. The number of carbonyl (C=O) groups is 2. The summed E-state index contributed by atoms with van der Waals surface area (Å²) in [6, 6.07) is 17.1. The van der Waals surface area contributed by atoms with Gasteiger partial charge in [-0.3, -0.25) is 4.79 Å². The van der Waals surface area contributed by atoms with Gasteiger partial charge in [-0.15, -0.1) is 0 Å². The Morgan fingerprint density at radius 1 is 1.19 bits per heavy atom. The van der Waals surface area contributed by atoms with E-state index in [1.165, 1.54) is 17.3 Å². The van der Waals surface area contributed by atoms with E-state index in [2.05, 4.69) is 29.7 Å². The molecular formula is C25H25N3O3S. The lowest BCUT2D eigenvalue weighted by Gasteiger charge is -2.13. The standard InChI is InChI=1S/C25H25N3O3S/c1-4-17-9-11-19(12-10-17)26-25-27-23(29)22(32-25)14-18-13-15(2)28(16(18)3)21-8-6-5-7-20(21)24(30)31/h5-14,25-26H,4H2,1-3H3,(H,27,29)(H,30,31)/b22-14-/t25-/m1/s1. The summed E-state index contributed by atoms with van der Waals surface area (Å²) in [4.78, 5) is 24.9. The van der Waals surface area contributed by atoms with Gasteiger partial charge in [0.15, 0.2) is 5.50 Å². The van der Waals surface area contributed by atoms with E-state index in [1.807, 2.05) is 48.8 Å².